The van der Waals surface area contributed by atoms with Gasteiger partial charge >= 0.3 is 5.97 Å². The van der Waals surface area contributed by atoms with Gasteiger partial charge in [0, 0.05) is 5.02 Å². The first kappa shape index (κ1) is 24.7. The molecule has 2 aromatic rings. The number of sulfonamides is 1. The Labute approximate surface area is 184 Å². The largest absolute Gasteiger partial charge is 0.454 e. The van der Waals surface area contributed by atoms with E-state index in [9.17, 15) is 27.5 Å². The van der Waals surface area contributed by atoms with Gasteiger partial charge in [0.2, 0.25) is 10.0 Å². The van der Waals surface area contributed by atoms with Crippen molar-refractivity contribution in [2.75, 3.05) is 6.61 Å². The highest BCUT2D eigenvalue weighted by Gasteiger charge is 2.31. The van der Waals surface area contributed by atoms with Gasteiger partial charge in [0.05, 0.1) is 17.0 Å². The van der Waals surface area contributed by atoms with Crippen LogP contribution in [-0.4, -0.2) is 44.2 Å². The molecule has 2 rings (SSSR count). The molecule has 0 aliphatic rings. The standard InChI is InChI=1S/C20H22ClFN2O6S/c1-12(14-4-3-5-15(21)10-14)23-18(26)11-30-20(27)19(13(2)25)24-31(28,29)17-8-6-16(22)7-9-17/h3-10,12-13,19,24-25H,11H2,1-2H3,(H,23,26)/t12-,13-,19+/m1/s1. The van der Waals surface area contributed by atoms with Crippen molar-refractivity contribution in [1.29, 1.82) is 0 Å². The van der Waals surface area contributed by atoms with Gasteiger partial charge < -0.3 is 15.2 Å². The molecule has 0 saturated heterocycles. The summed E-state index contributed by atoms with van der Waals surface area (Å²) in [5.41, 5.74) is 0.737. The number of carbonyl (C=O) groups is 2. The van der Waals surface area contributed by atoms with E-state index < -0.39 is 52.5 Å². The Balaban J connectivity index is 1.97. The SMILES string of the molecule is C[C@@H](NC(=O)COC(=O)[C@@H](NS(=O)(=O)c1ccc(F)cc1)[C@@H](C)O)c1cccc(Cl)c1. The van der Waals surface area contributed by atoms with Crippen LogP contribution in [0.2, 0.25) is 5.02 Å². The molecule has 0 heterocycles. The molecule has 168 valence electrons. The quantitative estimate of drug-likeness (QED) is 0.479. The van der Waals surface area contributed by atoms with E-state index in [0.717, 1.165) is 29.8 Å². The fraction of sp³-hybridized carbons (Fsp3) is 0.300. The summed E-state index contributed by atoms with van der Waals surface area (Å²) >= 11 is 5.92. The molecule has 0 radical (unpaired) electrons. The normalized spacial score (nSPS) is 14.4. The lowest BCUT2D eigenvalue weighted by molar-refractivity contribution is -0.152. The lowest BCUT2D eigenvalue weighted by atomic mass is 10.1. The van der Waals surface area contributed by atoms with Crippen LogP contribution in [0.3, 0.4) is 0 Å². The van der Waals surface area contributed by atoms with E-state index in [1.165, 1.54) is 6.92 Å². The minimum Gasteiger partial charge on any atom is -0.454 e. The second-order valence-corrected chi connectivity index (χ2v) is 8.90. The summed E-state index contributed by atoms with van der Waals surface area (Å²) in [6.45, 7) is 2.20. The van der Waals surface area contributed by atoms with Crippen LogP contribution < -0.4 is 10.0 Å². The van der Waals surface area contributed by atoms with Gasteiger partial charge in [-0.25, -0.2) is 12.8 Å². The number of esters is 1. The molecular weight excluding hydrogens is 451 g/mol. The van der Waals surface area contributed by atoms with E-state index in [1.54, 1.807) is 31.2 Å². The number of nitrogens with one attached hydrogen (secondary N) is 2. The zero-order valence-electron chi connectivity index (χ0n) is 16.7. The van der Waals surface area contributed by atoms with Crippen LogP contribution in [0.1, 0.15) is 25.5 Å². The third kappa shape index (κ3) is 7.28. The van der Waals surface area contributed by atoms with Gasteiger partial charge in [0.15, 0.2) is 6.61 Å². The molecule has 0 fully saturated rings. The number of aliphatic hydroxyl groups excluding tert-OH is 1. The highest BCUT2D eigenvalue weighted by molar-refractivity contribution is 7.89. The molecule has 11 heteroatoms. The molecule has 3 atom stereocenters. The van der Waals surface area contributed by atoms with Gasteiger partial charge in [-0.1, -0.05) is 23.7 Å². The smallest absolute Gasteiger partial charge is 0.327 e. The van der Waals surface area contributed by atoms with Crippen LogP contribution in [0.5, 0.6) is 0 Å². The zero-order chi connectivity index (χ0) is 23.2. The van der Waals surface area contributed by atoms with Gasteiger partial charge in [-0.2, -0.15) is 4.72 Å². The fourth-order valence-electron chi connectivity index (χ4n) is 2.56. The monoisotopic (exact) mass is 472 g/mol. The Morgan fingerprint density at radius 3 is 2.39 bits per heavy atom. The minimum atomic E-state index is -4.25. The first-order chi connectivity index (χ1) is 14.5. The second-order valence-electron chi connectivity index (χ2n) is 6.75. The van der Waals surface area contributed by atoms with Crippen LogP contribution in [0, 0.1) is 5.82 Å². The molecule has 2 aromatic carbocycles. The van der Waals surface area contributed by atoms with Gasteiger partial charge in [-0.3, -0.25) is 9.59 Å². The Morgan fingerprint density at radius 2 is 1.81 bits per heavy atom. The molecule has 0 unspecified atom stereocenters. The molecule has 3 N–H and O–H groups in total. The highest BCUT2D eigenvalue weighted by Crippen LogP contribution is 2.17. The van der Waals surface area contributed by atoms with Crippen molar-refractivity contribution in [2.45, 2.75) is 36.9 Å². The number of rotatable bonds is 9. The topological polar surface area (TPSA) is 122 Å². The molecular formula is C20H22ClFN2O6S. The van der Waals surface area contributed by atoms with Gasteiger partial charge in [0.25, 0.3) is 5.91 Å². The molecule has 0 aliphatic carbocycles. The van der Waals surface area contributed by atoms with Gasteiger partial charge in [-0.05, 0) is 55.8 Å². The Hall–Kier alpha value is -2.53. The Kier molecular flexibility index (Phi) is 8.52. The third-order valence-corrected chi connectivity index (χ3v) is 5.91. The number of carbonyl (C=O) groups excluding carboxylic acids is 2. The van der Waals surface area contributed by atoms with Crippen LogP contribution in [0.25, 0.3) is 0 Å². The van der Waals surface area contributed by atoms with Crippen molar-refractivity contribution in [3.63, 3.8) is 0 Å². The lowest BCUT2D eigenvalue weighted by Crippen LogP contribution is -2.49. The first-order valence-corrected chi connectivity index (χ1v) is 11.0. The highest BCUT2D eigenvalue weighted by atomic mass is 35.5. The van der Waals surface area contributed by atoms with Crippen molar-refractivity contribution in [2.24, 2.45) is 0 Å². The Bertz CT molecular complexity index is 1030. The van der Waals surface area contributed by atoms with E-state index in [4.69, 9.17) is 16.3 Å². The molecule has 0 spiro atoms. The maximum Gasteiger partial charge on any atom is 0.327 e. The van der Waals surface area contributed by atoms with Crippen molar-refractivity contribution in [1.82, 2.24) is 10.0 Å². The lowest BCUT2D eigenvalue weighted by Gasteiger charge is -2.20. The van der Waals surface area contributed by atoms with E-state index in [0.29, 0.717) is 5.02 Å². The van der Waals surface area contributed by atoms with Crippen molar-refractivity contribution in [3.05, 3.63) is 64.9 Å². The summed E-state index contributed by atoms with van der Waals surface area (Å²) in [5, 5.41) is 12.9. The number of hydrogen-bond donors (Lipinski definition) is 3. The number of halogens is 2. The molecule has 0 saturated carbocycles. The van der Waals surface area contributed by atoms with E-state index in [2.05, 4.69) is 5.32 Å². The van der Waals surface area contributed by atoms with Gasteiger partial charge in [-0.15, -0.1) is 0 Å². The molecule has 0 aromatic heterocycles. The zero-order valence-corrected chi connectivity index (χ0v) is 18.3. The predicted octanol–water partition coefficient (Wildman–Crippen LogP) is 1.93. The maximum atomic E-state index is 13.0. The van der Waals surface area contributed by atoms with Crippen molar-refractivity contribution >= 4 is 33.5 Å². The molecule has 31 heavy (non-hydrogen) atoms. The number of amides is 1. The number of hydrogen-bond acceptors (Lipinski definition) is 6. The third-order valence-electron chi connectivity index (χ3n) is 4.21. The summed E-state index contributed by atoms with van der Waals surface area (Å²) in [6.07, 6.45) is -1.46. The van der Waals surface area contributed by atoms with E-state index in [1.807, 2.05) is 4.72 Å². The second kappa shape index (κ2) is 10.7. The van der Waals surface area contributed by atoms with Crippen LogP contribution in [0.4, 0.5) is 4.39 Å². The molecule has 0 bridgehead atoms. The summed E-state index contributed by atoms with van der Waals surface area (Å²) in [4.78, 5) is 24.1. The van der Waals surface area contributed by atoms with Gasteiger partial charge in [0.1, 0.15) is 11.9 Å². The van der Waals surface area contributed by atoms with E-state index >= 15 is 0 Å². The van der Waals surface area contributed by atoms with Crippen molar-refractivity contribution < 1.29 is 32.2 Å². The number of benzene rings is 2. The Morgan fingerprint density at radius 1 is 1.16 bits per heavy atom. The maximum absolute atomic E-state index is 13.0. The molecule has 1 amide bonds. The van der Waals surface area contributed by atoms with Crippen LogP contribution in [-0.2, 0) is 24.3 Å². The fourth-order valence-corrected chi connectivity index (χ4v) is 4.02. The molecule has 0 aliphatic heterocycles. The number of aliphatic hydroxyl groups is 1. The molecule has 8 nitrogen and oxygen atoms in total. The minimum absolute atomic E-state index is 0.305. The summed E-state index contributed by atoms with van der Waals surface area (Å²) in [7, 11) is -4.25. The van der Waals surface area contributed by atoms with Crippen LogP contribution >= 0.6 is 11.6 Å². The van der Waals surface area contributed by atoms with E-state index in [-0.39, 0.29) is 4.90 Å². The average molecular weight is 473 g/mol. The summed E-state index contributed by atoms with van der Waals surface area (Å²) in [6, 6.07) is 8.64. The number of ether oxygens (including phenoxy) is 1. The summed E-state index contributed by atoms with van der Waals surface area (Å²) < 4.78 is 44.7. The first-order valence-electron chi connectivity index (χ1n) is 9.17. The van der Waals surface area contributed by atoms with Crippen molar-refractivity contribution in [3.8, 4) is 0 Å². The predicted molar refractivity (Wildman–Crippen MR) is 111 cm³/mol. The van der Waals surface area contributed by atoms with Crippen LogP contribution in [0.15, 0.2) is 53.4 Å². The summed E-state index contributed by atoms with van der Waals surface area (Å²) in [5.74, 6) is -2.42. The average Bonchev–Trinajstić information content (AvgIpc) is 2.70.